The van der Waals surface area contributed by atoms with Crippen LogP contribution in [0.5, 0.6) is 0 Å². The molecule has 1 aromatic rings. The first-order valence-electron chi connectivity index (χ1n) is 3.79. The number of nitrogens with zero attached hydrogens (tertiary/aromatic N) is 3. The zero-order valence-corrected chi connectivity index (χ0v) is 7.47. The van der Waals surface area contributed by atoms with E-state index in [0.717, 1.165) is 0 Å². The lowest BCUT2D eigenvalue weighted by Gasteiger charge is -2.07. The Kier molecular flexibility index (Phi) is 2.97. The number of aromatic nitrogens is 3. The molecule has 6 heteroatoms. The van der Waals surface area contributed by atoms with Crippen LogP contribution in [0.3, 0.4) is 0 Å². The van der Waals surface area contributed by atoms with Crippen LogP contribution in [0, 0.1) is 0 Å². The Morgan fingerprint density at radius 3 is 3.00 bits per heavy atom. The average molecular weight is 185 g/mol. The lowest BCUT2D eigenvalue weighted by molar-refractivity contribution is 0.0690. The number of carbonyl (C=O) groups is 1. The molecule has 72 valence electrons. The Balaban J connectivity index is 2.64. The van der Waals surface area contributed by atoms with Gasteiger partial charge in [-0.3, -0.25) is 0 Å². The first-order valence-corrected chi connectivity index (χ1v) is 3.79. The molecule has 0 aromatic carbocycles. The maximum atomic E-state index is 10.4. The van der Waals surface area contributed by atoms with Crippen LogP contribution in [0.15, 0.2) is 6.20 Å². The van der Waals surface area contributed by atoms with Gasteiger partial charge in [0, 0.05) is 7.11 Å². The van der Waals surface area contributed by atoms with E-state index in [9.17, 15) is 4.79 Å². The van der Waals surface area contributed by atoms with Crippen LogP contribution in [0.25, 0.3) is 0 Å². The second-order valence-corrected chi connectivity index (χ2v) is 2.68. The molecule has 0 radical (unpaired) electrons. The highest BCUT2D eigenvalue weighted by Gasteiger charge is 2.09. The Morgan fingerprint density at radius 2 is 2.54 bits per heavy atom. The third kappa shape index (κ3) is 2.51. The van der Waals surface area contributed by atoms with E-state index in [1.807, 2.05) is 6.92 Å². The molecule has 0 bridgehead atoms. The van der Waals surface area contributed by atoms with Gasteiger partial charge in [-0.25, -0.2) is 9.48 Å². The van der Waals surface area contributed by atoms with Gasteiger partial charge in [-0.15, -0.1) is 5.10 Å². The molecule has 1 rings (SSSR count). The van der Waals surface area contributed by atoms with E-state index in [2.05, 4.69) is 10.3 Å². The van der Waals surface area contributed by atoms with E-state index in [0.29, 0.717) is 6.54 Å². The molecule has 13 heavy (non-hydrogen) atoms. The predicted molar refractivity (Wildman–Crippen MR) is 43.5 cm³/mol. The minimum Gasteiger partial charge on any atom is -0.476 e. The highest BCUT2D eigenvalue weighted by atomic mass is 16.5. The van der Waals surface area contributed by atoms with Crippen LogP contribution in [0.1, 0.15) is 17.4 Å². The number of methoxy groups -OCH3 is 1. The lowest BCUT2D eigenvalue weighted by Crippen LogP contribution is -2.15. The van der Waals surface area contributed by atoms with E-state index in [4.69, 9.17) is 9.84 Å². The number of carboxylic acid groups (broad SMARTS) is 1. The number of ether oxygens (including phenoxy) is 1. The number of hydrogen-bond donors (Lipinski definition) is 1. The molecule has 0 aliphatic carbocycles. The largest absolute Gasteiger partial charge is 0.476 e. The number of hydrogen-bond acceptors (Lipinski definition) is 4. The van der Waals surface area contributed by atoms with Crippen molar-refractivity contribution < 1.29 is 14.6 Å². The van der Waals surface area contributed by atoms with Gasteiger partial charge in [0.2, 0.25) is 0 Å². The standard InChI is InChI=1S/C7H11N3O3/c1-5(13-2)3-10-4-6(7(11)12)8-9-10/h4-5H,3H2,1-2H3,(H,11,12). The first-order chi connectivity index (χ1) is 6.13. The highest BCUT2D eigenvalue weighted by Crippen LogP contribution is 1.96. The molecule has 1 N–H and O–H groups in total. The fourth-order valence-electron chi connectivity index (χ4n) is 0.824. The van der Waals surface area contributed by atoms with Gasteiger partial charge >= 0.3 is 5.97 Å². The molecule has 0 saturated heterocycles. The van der Waals surface area contributed by atoms with Crippen molar-refractivity contribution in [1.29, 1.82) is 0 Å². The molecule has 0 spiro atoms. The van der Waals surface area contributed by atoms with Crippen LogP contribution in [0.2, 0.25) is 0 Å². The summed E-state index contributed by atoms with van der Waals surface area (Å²) in [5.74, 6) is -1.07. The summed E-state index contributed by atoms with van der Waals surface area (Å²) < 4.78 is 6.43. The van der Waals surface area contributed by atoms with Crippen LogP contribution < -0.4 is 0 Å². The fraction of sp³-hybridized carbons (Fsp3) is 0.571. The van der Waals surface area contributed by atoms with E-state index in [-0.39, 0.29) is 11.8 Å². The molecule has 0 aliphatic rings. The van der Waals surface area contributed by atoms with Crippen LogP contribution in [0.4, 0.5) is 0 Å². The zero-order chi connectivity index (χ0) is 9.84. The zero-order valence-electron chi connectivity index (χ0n) is 7.47. The van der Waals surface area contributed by atoms with Crippen molar-refractivity contribution in [3.05, 3.63) is 11.9 Å². The summed E-state index contributed by atoms with van der Waals surface area (Å²) >= 11 is 0. The molecule has 1 unspecified atom stereocenters. The second kappa shape index (κ2) is 3.99. The van der Waals surface area contributed by atoms with Gasteiger partial charge < -0.3 is 9.84 Å². The summed E-state index contributed by atoms with van der Waals surface area (Å²) in [6.45, 7) is 2.36. The smallest absolute Gasteiger partial charge is 0.358 e. The molecular formula is C7H11N3O3. The Bertz CT molecular complexity index is 297. The Morgan fingerprint density at radius 1 is 1.85 bits per heavy atom. The van der Waals surface area contributed by atoms with E-state index < -0.39 is 5.97 Å². The van der Waals surface area contributed by atoms with Crippen molar-refractivity contribution in [2.75, 3.05) is 7.11 Å². The normalized spacial score (nSPS) is 12.8. The molecule has 0 fully saturated rings. The fourth-order valence-corrected chi connectivity index (χ4v) is 0.824. The summed E-state index contributed by atoms with van der Waals surface area (Å²) in [7, 11) is 1.58. The van der Waals surface area contributed by atoms with Crippen molar-refractivity contribution >= 4 is 5.97 Å². The highest BCUT2D eigenvalue weighted by molar-refractivity contribution is 5.84. The Hall–Kier alpha value is -1.43. The summed E-state index contributed by atoms with van der Waals surface area (Å²) in [6.07, 6.45) is 1.36. The van der Waals surface area contributed by atoms with Crippen molar-refractivity contribution in [2.24, 2.45) is 0 Å². The molecule has 1 aromatic heterocycles. The number of aromatic carboxylic acids is 1. The van der Waals surface area contributed by atoms with Crippen molar-refractivity contribution in [2.45, 2.75) is 19.6 Å². The quantitative estimate of drug-likeness (QED) is 0.715. The van der Waals surface area contributed by atoms with Gasteiger partial charge in [0.1, 0.15) is 0 Å². The summed E-state index contributed by atoms with van der Waals surface area (Å²) in [4.78, 5) is 10.4. The van der Waals surface area contributed by atoms with Gasteiger partial charge in [0.25, 0.3) is 0 Å². The lowest BCUT2D eigenvalue weighted by atomic mass is 10.4. The third-order valence-electron chi connectivity index (χ3n) is 1.60. The predicted octanol–water partition coefficient (Wildman–Crippen LogP) is 0.0112. The molecule has 0 aliphatic heterocycles. The van der Waals surface area contributed by atoms with Crippen LogP contribution in [-0.2, 0) is 11.3 Å². The molecular weight excluding hydrogens is 174 g/mol. The summed E-state index contributed by atoms with van der Waals surface area (Å²) in [5.41, 5.74) is -0.0525. The Labute approximate surface area is 75.1 Å². The summed E-state index contributed by atoms with van der Waals surface area (Å²) in [5, 5.41) is 15.6. The minimum atomic E-state index is -1.07. The molecule has 0 saturated carbocycles. The maximum Gasteiger partial charge on any atom is 0.358 e. The number of carboxylic acids is 1. The SMILES string of the molecule is COC(C)Cn1cc(C(=O)O)nn1. The average Bonchev–Trinajstić information content (AvgIpc) is 2.52. The van der Waals surface area contributed by atoms with Crippen molar-refractivity contribution in [3.8, 4) is 0 Å². The molecule has 1 atom stereocenters. The maximum absolute atomic E-state index is 10.4. The van der Waals surface area contributed by atoms with Crippen molar-refractivity contribution in [1.82, 2.24) is 15.0 Å². The van der Waals surface area contributed by atoms with E-state index in [1.54, 1.807) is 7.11 Å². The molecule has 0 amide bonds. The molecule has 1 heterocycles. The van der Waals surface area contributed by atoms with Gasteiger partial charge in [-0.2, -0.15) is 0 Å². The van der Waals surface area contributed by atoms with Crippen LogP contribution in [-0.4, -0.2) is 39.3 Å². The second-order valence-electron chi connectivity index (χ2n) is 2.68. The minimum absolute atomic E-state index is 0.0108. The van der Waals surface area contributed by atoms with Crippen molar-refractivity contribution in [3.63, 3.8) is 0 Å². The van der Waals surface area contributed by atoms with E-state index >= 15 is 0 Å². The summed E-state index contributed by atoms with van der Waals surface area (Å²) in [6, 6.07) is 0. The van der Waals surface area contributed by atoms with Gasteiger partial charge in [-0.05, 0) is 6.92 Å². The topological polar surface area (TPSA) is 77.2 Å². The number of rotatable bonds is 4. The monoisotopic (exact) mass is 185 g/mol. The first kappa shape index (κ1) is 9.66. The third-order valence-corrected chi connectivity index (χ3v) is 1.60. The van der Waals surface area contributed by atoms with Gasteiger partial charge in [0.15, 0.2) is 5.69 Å². The van der Waals surface area contributed by atoms with Gasteiger partial charge in [-0.1, -0.05) is 5.21 Å². The molecule has 6 nitrogen and oxygen atoms in total. The van der Waals surface area contributed by atoms with Gasteiger partial charge in [0.05, 0.1) is 18.8 Å². The van der Waals surface area contributed by atoms with Crippen LogP contribution >= 0.6 is 0 Å². The van der Waals surface area contributed by atoms with E-state index in [1.165, 1.54) is 10.9 Å².